The second kappa shape index (κ2) is 34.4. The fourth-order valence-corrected chi connectivity index (χ4v) is 5.90. The van der Waals surface area contributed by atoms with E-state index in [1.54, 1.807) is 6.08 Å². The summed E-state index contributed by atoms with van der Waals surface area (Å²) in [6.45, 7) is 3.59. The van der Waals surface area contributed by atoms with Crippen LogP contribution in [0, 0.1) is 0 Å². The number of hydrogen-bond acceptors (Lipinski definition) is 8. The number of rotatable bonds is 35. The van der Waals surface area contributed by atoms with E-state index in [2.05, 4.69) is 13.8 Å². The monoisotopic (exact) mass is 687 g/mol. The van der Waals surface area contributed by atoms with Gasteiger partial charge in [-0.1, -0.05) is 160 Å². The molecular weight excluding hydrogens is 617 g/mol. The van der Waals surface area contributed by atoms with Crippen molar-refractivity contribution in [3.63, 3.8) is 0 Å². The van der Waals surface area contributed by atoms with Crippen LogP contribution in [0.15, 0.2) is 24.3 Å². The Bertz CT molecular complexity index is 835. The zero-order valence-electron chi connectivity index (χ0n) is 30.0. The predicted octanol–water partition coefficient (Wildman–Crippen LogP) is 10.0. The molecule has 0 aromatic carbocycles. The van der Waals surface area contributed by atoms with Crippen LogP contribution >= 0.6 is 7.82 Å². The Morgan fingerprint density at radius 2 is 1.17 bits per heavy atom. The topological polar surface area (TPSA) is 134 Å². The molecule has 0 aromatic heterocycles. The van der Waals surface area contributed by atoms with Crippen LogP contribution in [0.5, 0.6) is 0 Å². The maximum atomic E-state index is 12.5. The molecular formula is C37H70NO8P. The second-order valence-corrected chi connectivity index (χ2v) is 14.0. The van der Waals surface area contributed by atoms with Crippen LogP contribution in [0.3, 0.4) is 0 Å². The summed E-state index contributed by atoms with van der Waals surface area (Å²) in [5, 5.41) is 0. The lowest BCUT2D eigenvalue weighted by atomic mass is 10.0. The van der Waals surface area contributed by atoms with Crippen LogP contribution in [0.4, 0.5) is 0 Å². The highest BCUT2D eigenvalue weighted by atomic mass is 31.2. The number of unbranched alkanes of at least 4 members (excludes halogenated alkanes) is 21. The summed E-state index contributed by atoms with van der Waals surface area (Å²) in [4.78, 5) is 34.5. The number of ether oxygens (including phenoxy) is 2. The number of esters is 2. The predicted molar refractivity (Wildman–Crippen MR) is 192 cm³/mol. The highest BCUT2D eigenvalue weighted by Crippen LogP contribution is 2.43. The van der Waals surface area contributed by atoms with E-state index in [1.165, 1.54) is 115 Å². The first kappa shape index (κ1) is 45.5. The van der Waals surface area contributed by atoms with Crippen molar-refractivity contribution in [2.75, 3.05) is 26.4 Å². The first-order valence-corrected chi connectivity index (χ1v) is 20.4. The summed E-state index contributed by atoms with van der Waals surface area (Å²) in [6.07, 6.45) is 34.1. The zero-order chi connectivity index (χ0) is 34.7. The second-order valence-electron chi connectivity index (χ2n) is 12.5. The van der Waals surface area contributed by atoms with Crippen molar-refractivity contribution in [2.45, 2.75) is 174 Å². The van der Waals surface area contributed by atoms with Crippen LogP contribution in [0.2, 0.25) is 0 Å². The molecule has 47 heavy (non-hydrogen) atoms. The molecule has 3 N–H and O–H groups in total. The van der Waals surface area contributed by atoms with Crippen LogP contribution < -0.4 is 5.73 Å². The lowest BCUT2D eigenvalue weighted by Gasteiger charge is -2.19. The molecule has 0 fully saturated rings. The van der Waals surface area contributed by atoms with Crippen molar-refractivity contribution in [3.8, 4) is 0 Å². The van der Waals surface area contributed by atoms with E-state index in [0.29, 0.717) is 6.42 Å². The minimum atomic E-state index is -4.38. The van der Waals surface area contributed by atoms with Gasteiger partial charge < -0.3 is 20.1 Å². The van der Waals surface area contributed by atoms with Gasteiger partial charge in [0.05, 0.1) is 13.2 Å². The van der Waals surface area contributed by atoms with E-state index in [-0.39, 0.29) is 26.2 Å². The molecule has 276 valence electrons. The van der Waals surface area contributed by atoms with Gasteiger partial charge in [-0.05, 0) is 19.3 Å². The fourth-order valence-electron chi connectivity index (χ4n) is 5.14. The molecule has 0 aliphatic carbocycles. The minimum Gasteiger partial charge on any atom is -0.458 e. The van der Waals surface area contributed by atoms with Crippen molar-refractivity contribution in [3.05, 3.63) is 24.3 Å². The van der Waals surface area contributed by atoms with Crippen molar-refractivity contribution >= 4 is 19.8 Å². The molecule has 0 spiro atoms. The van der Waals surface area contributed by atoms with Crippen molar-refractivity contribution in [1.82, 2.24) is 0 Å². The third-order valence-electron chi connectivity index (χ3n) is 7.94. The molecule has 0 heterocycles. The third kappa shape index (κ3) is 34.2. The van der Waals surface area contributed by atoms with Gasteiger partial charge in [0.15, 0.2) is 6.10 Å². The smallest absolute Gasteiger partial charge is 0.458 e. The quantitative estimate of drug-likeness (QED) is 0.0219. The summed E-state index contributed by atoms with van der Waals surface area (Å²) < 4.78 is 32.4. The molecule has 10 heteroatoms. The Hall–Kier alpha value is -1.51. The van der Waals surface area contributed by atoms with E-state index in [9.17, 15) is 19.0 Å². The van der Waals surface area contributed by atoms with Gasteiger partial charge in [0, 0.05) is 19.0 Å². The molecule has 0 bridgehead atoms. The first-order chi connectivity index (χ1) is 22.8. The van der Waals surface area contributed by atoms with E-state index in [0.717, 1.165) is 32.1 Å². The van der Waals surface area contributed by atoms with Crippen molar-refractivity contribution in [2.24, 2.45) is 5.73 Å². The summed E-state index contributed by atoms with van der Waals surface area (Å²) in [6, 6.07) is 0. The highest BCUT2D eigenvalue weighted by molar-refractivity contribution is 7.47. The van der Waals surface area contributed by atoms with Crippen molar-refractivity contribution in [1.29, 1.82) is 0 Å². The molecule has 0 rings (SSSR count). The lowest BCUT2D eigenvalue weighted by molar-refractivity contribution is -0.159. The van der Waals surface area contributed by atoms with Crippen molar-refractivity contribution < 1.29 is 37.6 Å². The molecule has 0 aliphatic rings. The van der Waals surface area contributed by atoms with Gasteiger partial charge in [-0.2, -0.15) is 0 Å². The SMILES string of the molecule is CCCCCCCCCCCC=CC=CC(=O)OC[C@H](COP(=O)(O)OCCN)OC(=O)CCCCCCCCCCCCCCC. The van der Waals surface area contributed by atoms with Gasteiger partial charge in [-0.3, -0.25) is 13.8 Å². The van der Waals surface area contributed by atoms with Gasteiger partial charge in [-0.25, -0.2) is 9.36 Å². The minimum absolute atomic E-state index is 0.0447. The maximum absolute atomic E-state index is 12.5. The zero-order valence-corrected chi connectivity index (χ0v) is 30.9. The summed E-state index contributed by atoms with van der Waals surface area (Å²) in [5.41, 5.74) is 5.32. The van der Waals surface area contributed by atoms with Crippen LogP contribution in [-0.2, 0) is 32.7 Å². The Kier molecular flexibility index (Phi) is 33.3. The molecule has 2 atom stereocenters. The van der Waals surface area contributed by atoms with E-state index in [4.69, 9.17) is 24.3 Å². The molecule has 0 radical (unpaired) electrons. The highest BCUT2D eigenvalue weighted by Gasteiger charge is 2.25. The first-order valence-electron chi connectivity index (χ1n) is 18.9. The molecule has 0 aliphatic heterocycles. The van der Waals surface area contributed by atoms with Gasteiger partial charge in [0.1, 0.15) is 6.61 Å². The number of carbonyl (C=O) groups excluding carboxylic acids is 2. The van der Waals surface area contributed by atoms with E-state index in [1.807, 2.05) is 12.2 Å². The Morgan fingerprint density at radius 3 is 1.68 bits per heavy atom. The number of nitrogens with two attached hydrogens (primary N) is 1. The Morgan fingerprint density at radius 1 is 0.681 bits per heavy atom. The van der Waals surface area contributed by atoms with Gasteiger partial charge in [0.2, 0.25) is 0 Å². The molecule has 0 aromatic rings. The molecule has 0 amide bonds. The van der Waals surface area contributed by atoms with Crippen LogP contribution in [0.25, 0.3) is 0 Å². The van der Waals surface area contributed by atoms with Gasteiger partial charge in [0.25, 0.3) is 0 Å². The van der Waals surface area contributed by atoms with Crippen LogP contribution in [-0.4, -0.2) is 49.3 Å². The van der Waals surface area contributed by atoms with E-state index < -0.39 is 32.5 Å². The Balaban J connectivity index is 4.33. The van der Waals surface area contributed by atoms with Gasteiger partial charge >= 0.3 is 19.8 Å². The van der Waals surface area contributed by atoms with Crippen LogP contribution in [0.1, 0.15) is 168 Å². The maximum Gasteiger partial charge on any atom is 0.472 e. The summed E-state index contributed by atoms with van der Waals surface area (Å²) >= 11 is 0. The average Bonchev–Trinajstić information content (AvgIpc) is 3.05. The molecule has 9 nitrogen and oxygen atoms in total. The largest absolute Gasteiger partial charge is 0.472 e. The lowest BCUT2D eigenvalue weighted by Crippen LogP contribution is -2.29. The number of hydrogen-bond donors (Lipinski definition) is 2. The standard InChI is InChI=1S/C37H70NO8P/c1-3-5-7-9-11-13-15-17-19-21-23-25-27-29-36(39)43-33-35(34-45-47(41,42)44-32-31-38)46-37(40)30-28-26-24-22-20-18-16-14-12-10-8-6-4-2/h23,25,27,29,35H,3-22,24,26,28,30-34,38H2,1-2H3,(H,41,42)/t35-/m1/s1. The number of allylic oxidation sites excluding steroid dienone is 3. The summed E-state index contributed by atoms with van der Waals surface area (Å²) in [5.74, 6) is -1.08. The van der Waals surface area contributed by atoms with E-state index >= 15 is 0 Å². The molecule has 0 saturated heterocycles. The third-order valence-corrected chi connectivity index (χ3v) is 8.93. The number of carbonyl (C=O) groups is 2. The number of phosphoric ester groups is 1. The molecule has 1 unspecified atom stereocenters. The number of phosphoric acid groups is 1. The normalized spacial score (nSPS) is 13.7. The fraction of sp³-hybridized carbons (Fsp3) is 0.838. The Labute approximate surface area is 287 Å². The summed E-state index contributed by atoms with van der Waals surface area (Å²) in [7, 11) is -4.38. The van der Waals surface area contributed by atoms with Gasteiger partial charge in [-0.15, -0.1) is 0 Å². The average molecular weight is 688 g/mol. The molecule has 0 saturated carbocycles.